The normalized spacial score (nSPS) is 10.3. The number of ether oxygens (including phenoxy) is 2. The van der Waals surface area contributed by atoms with Crippen molar-refractivity contribution in [2.75, 3.05) is 14.2 Å². The smallest absolute Gasteiger partial charge is 0.330 e. The van der Waals surface area contributed by atoms with E-state index in [4.69, 9.17) is 0 Å². The molecule has 0 N–H and O–H groups in total. The van der Waals surface area contributed by atoms with E-state index >= 15 is 0 Å². The number of methoxy groups -OCH3 is 2. The van der Waals surface area contributed by atoms with Crippen molar-refractivity contribution in [2.24, 2.45) is 0 Å². The van der Waals surface area contributed by atoms with E-state index in [0.717, 1.165) is 25.7 Å². The van der Waals surface area contributed by atoms with Crippen molar-refractivity contribution in [1.82, 2.24) is 0 Å². The van der Waals surface area contributed by atoms with E-state index in [2.05, 4.69) is 9.47 Å². The average molecular weight is 214 g/mol. The summed E-state index contributed by atoms with van der Waals surface area (Å²) in [6.07, 6.45) is 7.25. The van der Waals surface area contributed by atoms with Gasteiger partial charge in [-0.05, 0) is 19.3 Å². The lowest BCUT2D eigenvalue weighted by atomic mass is 10.1. The zero-order valence-electron chi connectivity index (χ0n) is 9.32. The van der Waals surface area contributed by atoms with Gasteiger partial charge in [-0.1, -0.05) is 12.5 Å². The van der Waals surface area contributed by atoms with Gasteiger partial charge in [0.1, 0.15) is 0 Å². The van der Waals surface area contributed by atoms with Crippen LogP contribution in [0.2, 0.25) is 0 Å². The second kappa shape index (κ2) is 9.24. The summed E-state index contributed by atoms with van der Waals surface area (Å²) in [6, 6.07) is 0. The molecule has 4 nitrogen and oxygen atoms in total. The molecule has 0 aromatic rings. The summed E-state index contributed by atoms with van der Waals surface area (Å²) >= 11 is 0. The first-order valence-electron chi connectivity index (χ1n) is 5.02. The first-order valence-corrected chi connectivity index (χ1v) is 5.02. The molecule has 0 spiro atoms. The van der Waals surface area contributed by atoms with Gasteiger partial charge in [0.05, 0.1) is 14.2 Å². The van der Waals surface area contributed by atoms with Crippen molar-refractivity contribution in [2.45, 2.75) is 32.1 Å². The molecule has 0 saturated carbocycles. The Kier molecular flexibility index (Phi) is 8.43. The zero-order chi connectivity index (χ0) is 11.5. The summed E-state index contributed by atoms with van der Waals surface area (Å²) in [5, 5.41) is 0. The number of rotatable bonds is 7. The maximum absolute atomic E-state index is 10.7. The highest BCUT2D eigenvalue weighted by Crippen LogP contribution is 2.04. The lowest BCUT2D eigenvalue weighted by molar-refractivity contribution is -0.140. The van der Waals surface area contributed by atoms with Crippen LogP contribution in [0.15, 0.2) is 12.2 Å². The fourth-order valence-electron chi connectivity index (χ4n) is 1.06. The summed E-state index contributed by atoms with van der Waals surface area (Å²) < 4.78 is 8.95. The minimum Gasteiger partial charge on any atom is -0.469 e. The van der Waals surface area contributed by atoms with Crippen LogP contribution in [0.4, 0.5) is 0 Å². The van der Waals surface area contributed by atoms with Crippen LogP contribution < -0.4 is 0 Å². The summed E-state index contributed by atoms with van der Waals surface area (Å²) in [5.41, 5.74) is 0. The lowest BCUT2D eigenvalue weighted by Gasteiger charge is -1.98. The fraction of sp³-hybridized carbons (Fsp3) is 0.636. The van der Waals surface area contributed by atoms with Gasteiger partial charge in [-0.25, -0.2) is 4.79 Å². The predicted octanol–water partition coefficient (Wildman–Crippen LogP) is 1.84. The monoisotopic (exact) mass is 214 g/mol. The molecule has 0 bridgehead atoms. The summed E-state index contributed by atoms with van der Waals surface area (Å²) in [6.45, 7) is 0. The lowest BCUT2D eigenvalue weighted by Crippen LogP contribution is -1.99. The van der Waals surface area contributed by atoms with Crippen molar-refractivity contribution in [3.8, 4) is 0 Å². The molecular formula is C11H18O4. The molecule has 0 fully saturated rings. The molecule has 4 heteroatoms. The largest absolute Gasteiger partial charge is 0.469 e. The van der Waals surface area contributed by atoms with Gasteiger partial charge in [-0.2, -0.15) is 0 Å². The molecule has 86 valence electrons. The fourth-order valence-corrected chi connectivity index (χ4v) is 1.06. The minimum atomic E-state index is -0.329. The van der Waals surface area contributed by atoms with Crippen molar-refractivity contribution >= 4 is 11.9 Å². The Morgan fingerprint density at radius 1 is 1.07 bits per heavy atom. The molecule has 0 amide bonds. The van der Waals surface area contributed by atoms with Gasteiger partial charge in [0.2, 0.25) is 0 Å². The highest BCUT2D eigenvalue weighted by atomic mass is 16.5. The van der Waals surface area contributed by atoms with E-state index < -0.39 is 0 Å². The number of hydrogen-bond acceptors (Lipinski definition) is 4. The molecule has 0 aliphatic carbocycles. The molecule has 0 radical (unpaired) electrons. The Morgan fingerprint density at radius 2 is 1.80 bits per heavy atom. The Hall–Kier alpha value is -1.32. The summed E-state index contributed by atoms with van der Waals surface area (Å²) in [7, 11) is 2.74. The van der Waals surface area contributed by atoms with Crippen molar-refractivity contribution < 1.29 is 19.1 Å². The van der Waals surface area contributed by atoms with Gasteiger partial charge in [0.15, 0.2) is 0 Å². The quantitative estimate of drug-likeness (QED) is 0.368. The van der Waals surface area contributed by atoms with Crippen LogP contribution in [-0.2, 0) is 19.1 Å². The second-order valence-electron chi connectivity index (χ2n) is 3.10. The van der Waals surface area contributed by atoms with Crippen molar-refractivity contribution in [1.29, 1.82) is 0 Å². The topological polar surface area (TPSA) is 52.6 Å². The molecular weight excluding hydrogens is 196 g/mol. The van der Waals surface area contributed by atoms with E-state index in [-0.39, 0.29) is 11.9 Å². The van der Waals surface area contributed by atoms with Crippen LogP contribution in [0.1, 0.15) is 32.1 Å². The Bertz CT molecular complexity index is 221. The van der Waals surface area contributed by atoms with Gasteiger partial charge >= 0.3 is 11.9 Å². The van der Waals surface area contributed by atoms with Gasteiger partial charge < -0.3 is 9.47 Å². The third-order valence-electron chi connectivity index (χ3n) is 1.93. The van der Waals surface area contributed by atoms with Gasteiger partial charge in [-0.3, -0.25) is 4.79 Å². The Labute approximate surface area is 90.2 Å². The molecule has 0 aromatic carbocycles. The Morgan fingerprint density at radius 3 is 2.40 bits per heavy atom. The minimum absolute atomic E-state index is 0.167. The molecule has 0 atom stereocenters. The number of carbonyl (C=O) groups is 2. The number of esters is 2. The number of allylic oxidation sites excluding steroid dienone is 1. The zero-order valence-corrected chi connectivity index (χ0v) is 9.32. The first-order chi connectivity index (χ1) is 7.20. The number of unbranched alkanes of at least 4 members (excludes halogenated alkanes) is 3. The highest BCUT2D eigenvalue weighted by Gasteiger charge is 1.98. The maximum Gasteiger partial charge on any atom is 0.330 e. The SMILES string of the molecule is COC(=O)C=CCCCCCC(=O)OC. The van der Waals surface area contributed by atoms with Gasteiger partial charge in [0, 0.05) is 12.5 Å². The molecule has 15 heavy (non-hydrogen) atoms. The standard InChI is InChI=1S/C11H18O4/c1-14-10(12)8-6-4-3-5-7-9-11(13)15-2/h6,8H,3-5,7,9H2,1-2H3. The molecule has 0 saturated heterocycles. The molecule has 0 aromatic heterocycles. The van der Waals surface area contributed by atoms with Gasteiger partial charge in [0.25, 0.3) is 0 Å². The number of carbonyl (C=O) groups excluding carboxylic acids is 2. The van der Waals surface area contributed by atoms with Crippen LogP contribution in [0.5, 0.6) is 0 Å². The van der Waals surface area contributed by atoms with E-state index in [1.54, 1.807) is 6.08 Å². The van der Waals surface area contributed by atoms with Crippen molar-refractivity contribution in [3.63, 3.8) is 0 Å². The predicted molar refractivity (Wildman–Crippen MR) is 56.3 cm³/mol. The Balaban J connectivity index is 3.28. The van der Waals surface area contributed by atoms with E-state index in [1.807, 2.05) is 0 Å². The van der Waals surface area contributed by atoms with E-state index in [1.165, 1.54) is 20.3 Å². The van der Waals surface area contributed by atoms with E-state index in [0.29, 0.717) is 6.42 Å². The van der Waals surface area contributed by atoms with Crippen LogP contribution in [0, 0.1) is 0 Å². The summed E-state index contributed by atoms with van der Waals surface area (Å²) in [5.74, 6) is -0.496. The summed E-state index contributed by atoms with van der Waals surface area (Å²) in [4.78, 5) is 21.4. The van der Waals surface area contributed by atoms with Crippen LogP contribution in [0.25, 0.3) is 0 Å². The van der Waals surface area contributed by atoms with Crippen molar-refractivity contribution in [3.05, 3.63) is 12.2 Å². The highest BCUT2D eigenvalue weighted by molar-refractivity contribution is 5.81. The van der Waals surface area contributed by atoms with Crippen LogP contribution in [0.3, 0.4) is 0 Å². The van der Waals surface area contributed by atoms with E-state index in [9.17, 15) is 9.59 Å². The van der Waals surface area contributed by atoms with Crippen LogP contribution >= 0.6 is 0 Å². The number of hydrogen-bond donors (Lipinski definition) is 0. The second-order valence-corrected chi connectivity index (χ2v) is 3.10. The average Bonchev–Trinajstić information content (AvgIpc) is 2.26. The molecule has 0 unspecified atom stereocenters. The van der Waals surface area contributed by atoms with Gasteiger partial charge in [-0.15, -0.1) is 0 Å². The molecule has 0 rings (SSSR count). The molecule has 0 aliphatic rings. The molecule has 0 heterocycles. The third kappa shape index (κ3) is 9.00. The first kappa shape index (κ1) is 13.7. The molecule has 0 aliphatic heterocycles. The third-order valence-corrected chi connectivity index (χ3v) is 1.93. The van der Waals surface area contributed by atoms with Crippen LogP contribution in [-0.4, -0.2) is 26.2 Å². The maximum atomic E-state index is 10.7.